The van der Waals surface area contributed by atoms with Gasteiger partial charge in [-0.1, -0.05) is 0 Å². The summed E-state index contributed by atoms with van der Waals surface area (Å²) in [7, 11) is 1.56. The first-order valence-corrected chi connectivity index (χ1v) is 6.07. The lowest BCUT2D eigenvalue weighted by Gasteiger charge is -2.12. The molecule has 1 atom stereocenters. The van der Waals surface area contributed by atoms with E-state index in [0.29, 0.717) is 19.5 Å². The first-order chi connectivity index (χ1) is 7.76. The van der Waals surface area contributed by atoms with Crippen LogP contribution in [0.2, 0.25) is 0 Å². The molecular formula is C10H17N3O2S. The zero-order valence-electron chi connectivity index (χ0n) is 9.31. The summed E-state index contributed by atoms with van der Waals surface area (Å²) in [6, 6.07) is 0. The van der Waals surface area contributed by atoms with Crippen molar-refractivity contribution < 1.29 is 9.53 Å². The van der Waals surface area contributed by atoms with Crippen LogP contribution in [-0.2, 0) is 16.0 Å². The Labute approximate surface area is 99.0 Å². The molecule has 0 saturated carbocycles. The Morgan fingerprint density at radius 3 is 3.12 bits per heavy atom. The second-order valence-electron chi connectivity index (χ2n) is 3.38. The van der Waals surface area contributed by atoms with Gasteiger partial charge in [-0.2, -0.15) is 0 Å². The van der Waals surface area contributed by atoms with Gasteiger partial charge in [0.15, 0.2) is 0 Å². The maximum absolute atomic E-state index is 11.4. The van der Waals surface area contributed by atoms with Gasteiger partial charge >= 0.3 is 0 Å². The summed E-state index contributed by atoms with van der Waals surface area (Å²) in [5.74, 6) is -0.0347. The Morgan fingerprint density at radius 1 is 1.75 bits per heavy atom. The molecule has 90 valence electrons. The molecule has 1 rings (SSSR count). The summed E-state index contributed by atoms with van der Waals surface area (Å²) in [6.07, 6.45) is 0.874. The number of thiazole rings is 1. The van der Waals surface area contributed by atoms with Gasteiger partial charge in [0.05, 0.1) is 23.7 Å². The van der Waals surface area contributed by atoms with Gasteiger partial charge in [0.1, 0.15) is 0 Å². The fraction of sp³-hybridized carbons (Fsp3) is 0.600. The summed E-state index contributed by atoms with van der Waals surface area (Å²) >= 11 is 1.56. The van der Waals surface area contributed by atoms with E-state index in [1.54, 1.807) is 24.0 Å². The zero-order valence-corrected chi connectivity index (χ0v) is 10.1. The van der Waals surface area contributed by atoms with E-state index in [1.165, 1.54) is 0 Å². The number of hydrogen-bond acceptors (Lipinski definition) is 5. The van der Waals surface area contributed by atoms with Gasteiger partial charge in [-0.05, 0) is 0 Å². The van der Waals surface area contributed by atoms with Crippen LogP contribution in [0.1, 0.15) is 12.1 Å². The molecule has 0 fully saturated rings. The highest BCUT2D eigenvalue weighted by Gasteiger charge is 2.10. The normalized spacial score (nSPS) is 12.4. The van der Waals surface area contributed by atoms with Crippen molar-refractivity contribution in [3.63, 3.8) is 0 Å². The molecule has 0 saturated heterocycles. The van der Waals surface area contributed by atoms with Crippen molar-refractivity contribution in [2.45, 2.75) is 18.9 Å². The molecule has 0 radical (unpaired) electrons. The Hall–Kier alpha value is -0.980. The van der Waals surface area contributed by atoms with Crippen molar-refractivity contribution in [3.8, 4) is 0 Å². The lowest BCUT2D eigenvalue weighted by atomic mass is 10.2. The van der Waals surface area contributed by atoms with Crippen molar-refractivity contribution in [2.75, 3.05) is 20.2 Å². The third-order valence-electron chi connectivity index (χ3n) is 2.20. The molecule has 16 heavy (non-hydrogen) atoms. The molecular weight excluding hydrogens is 226 g/mol. The number of nitrogens with two attached hydrogens (primary N) is 1. The number of nitrogens with zero attached hydrogens (tertiary/aromatic N) is 1. The molecule has 1 aromatic rings. The van der Waals surface area contributed by atoms with Crippen molar-refractivity contribution in [3.05, 3.63) is 16.6 Å². The average molecular weight is 243 g/mol. The first-order valence-electron chi connectivity index (χ1n) is 5.13. The number of aromatic nitrogens is 1. The van der Waals surface area contributed by atoms with E-state index >= 15 is 0 Å². The van der Waals surface area contributed by atoms with Gasteiger partial charge in [-0.3, -0.25) is 4.79 Å². The van der Waals surface area contributed by atoms with Crippen LogP contribution < -0.4 is 11.1 Å². The Balaban J connectivity index is 2.15. The zero-order chi connectivity index (χ0) is 11.8. The van der Waals surface area contributed by atoms with E-state index in [0.717, 1.165) is 12.1 Å². The molecule has 6 heteroatoms. The van der Waals surface area contributed by atoms with Crippen LogP contribution in [0.25, 0.3) is 0 Å². The van der Waals surface area contributed by atoms with Crippen LogP contribution in [0.4, 0.5) is 0 Å². The second-order valence-corrected chi connectivity index (χ2v) is 4.10. The molecule has 0 bridgehead atoms. The molecule has 1 aromatic heterocycles. The predicted octanol–water partition coefficient (Wildman–Crippen LogP) is 0.166. The lowest BCUT2D eigenvalue weighted by Crippen LogP contribution is -2.33. The van der Waals surface area contributed by atoms with Crippen LogP contribution in [0.5, 0.6) is 0 Å². The molecule has 1 unspecified atom stereocenters. The third-order valence-corrected chi connectivity index (χ3v) is 2.83. The summed E-state index contributed by atoms with van der Waals surface area (Å²) in [5.41, 5.74) is 8.21. The SMILES string of the molecule is COC(CN)CC(=O)NCCc1cscn1. The van der Waals surface area contributed by atoms with Gasteiger partial charge in [0, 0.05) is 32.0 Å². The number of methoxy groups -OCH3 is 1. The van der Waals surface area contributed by atoms with Crippen molar-refractivity contribution in [1.82, 2.24) is 10.3 Å². The third kappa shape index (κ3) is 4.69. The lowest BCUT2D eigenvalue weighted by molar-refractivity contribution is -0.123. The number of rotatable bonds is 7. The Bertz CT molecular complexity index is 299. The topological polar surface area (TPSA) is 77.2 Å². The minimum atomic E-state index is -0.195. The fourth-order valence-corrected chi connectivity index (χ4v) is 1.83. The highest BCUT2D eigenvalue weighted by molar-refractivity contribution is 7.07. The van der Waals surface area contributed by atoms with Gasteiger partial charge in [-0.15, -0.1) is 11.3 Å². The van der Waals surface area contributed by atoms with Gasteiger partial charge < -0.3 is 15.8 Å². The number of amides is 1. The first kappa shape index (κ1) is 13.1. The van der Waals surface area contributed by atoms with Crippen LogP contribution in [0.3, 0.4) is 0 Å². The van der Waals surface area contributed by atoms with E-state index in [4.69, 9.17) is 10.5 Å². The van der Waals surface area contributed by atoms with E-state index in [2.05, 4.69) is 10.3 Å². The summed E-state index contributed by atoms with van der Waals surface area (Å²) in [5, 5.41) is 4.79. The van der Waals surface area contributed by atoms with E-state index in [1.807, 2.05) is 5.38 Å². The summed E-state index contributed by atoms with van der Waals surface area (Å²) in [6.45, 7) is 0.958. The number of carbonyl (C=O) groups excluding carboxylic acids is 1. The predicted molar refractivity (Wildman–Crippen MR) is 63.3 cm³/mol. The van der Waals surface area contributed by atoms with Crippen molar-refractivity contribution >= 4 is 17.2 Å². The summed E-state index contributed by atoms with van der Waals surface area (Å²) < 4.78 is 5.03. The largest absolute Gasteiger partial charge is 0.380 e. The molecule has 5 nitrogen and oxygen atoms in total. The van der Waals surface area contributed by atoms with Gasteiger partial charge in [0.25, 0.3) is 0 Å². The minimum Gasteiger partial charge on any atom is -0.380 e. The minimum absolute atomic E-state index is 0.0347. The van der Waals surface area contributed by atoms with Crippen LogP contribution in [-0.4, -0.2) is 37.2 Å². The van der Waals surface area contributed by atoms with Crippen LogP contribution in [0.15, 0.2) is 10.9 Å². The van der Waals surface area contributed by atoms with E-state index in [-0.39, 0.29) is 12.0 Å². The van der Waals surface area contributed by atoms with Crippen molar-refractivity contribution in [1.29, 1.82) is 0 Å². The fourth-order valence-electron chi connectivity index (χ4n) is 1.23. The van der Waals surface area contributed by atoms with E-state index < -0.39 is 0 Å². The quantitative estimate of drug-likeness (QED) is 0.715. The number of carbonyl (C=O) groups is 1. The van der Waals surface area contributed by atoms with Crippen LogP contribution in [0, 0.1) is 0 Å². The average Bonchev–Trinajstić information content (AvgIpc) is 2.79. The van der Waals surface area contributed by atoms with Crippen LogP contribution >= 0.6 is 11.3 Å². The standard InChI is InChI=1S/C10H17N3O2S/c1-15-9(5-11)4-10(14)12-3-2-8-6-16-7-13-8/h6-7,9H,2-5,11H2,1H3,(H,12,14). The highest BCUT2D eigenvalue weighted by Crippen LogP contribution is 2.01. The number of nitrogens with one attached hydrogen (secondary N) is 1. The molecule has 3 N–H and O–H groups in total. The Morgan fingerprint density at radius 2 is 2.56 bits per heavy atom. The van der Waals surface area contributed by atoms with Gasteiger partial charge in [0.2, 0.25) is 5.91 Å². The maximum atomic E-state index is 11.4. The molecule has 0 aliphatic heterocycles. The molecule has 0 aliphatic rings. The van der Waals surface area contributed by atoms with Gasteiger partial charge in [-0.25, -0.2) is 4.98 Å². The monoisotopic (exact) mass is 243 g/mol. The van der Waals surface area contributed by atoms with Crippen molar-refractivity contribution in [2.24, 2.45) is 5.73 Å². The summed E-state index contributed by atoms with van der Waals surface area (Å²) in [4.78, 5) is 15.6. The highest BCUT2D eigenvalue weighted by atomic mass is 32.1. The van der Waals surface area contributed by atoms with E-state index in [9.17, 15) is 4.79 Å². The molecule has 1 amide bonds. The second kappa shape index (κ2) is 7.32. The number of hydrogen-bond donors (Lipinski definition) is 2. The number of ether oxygens (including phenoxy) is 1. The molecule has 1 heterocycles. The molecule has 0 aliphatic carbocycles. The molecule has 0 aromatic carbocycles. The maximum Gasteiger partial charge on any atom is 0.222 e. The Kier molecular flexibility index (Phi) is 5.99. The smallest absolute Gasteiger partial charge is 0.222 e. The molecule has 0 spiro atoms.